The highest BCUT2D eigenvalue weighted by Crippen LogP contribution is 2.35. The van der Waals surface area contributed by atoms with Crippen LogP contribution in [0.3, 0.4) is 0 Å². The van der Waals surface area contributed by atoms with Crippen molar-refractivity contribution in [2.24, 2.45) is 0 Å². The normalized spacial score (nSPS) is 15.5. The number of nitrogens with one attached hydrogen (secondary N) is 1. The smallest absolute Gasteiger partial charge is 0.263 e. The van der Waals surface area contributed by atoms with Gasteiger partial charge in [-0.3, -0.25) is 9.10 Å². The number of anilines is 1. The summed E-state index contributed by atoms with van der Waals surface area (Å²) in [6.45, 7) is 0.389. The zero-order chi connectivity index (χ0) is 22.4. The molecule has 166 valence electrons. The topological polar surface area (TPSA) is 75.7 Å². The molecule has 0 aromatic heterocycles. The fraction of sp³-hybridized carbons (Fsp3) is 0.208. The van der Waals surface area contributed by atoms with Crippen LogP contribution >= 0.6 is 11.8 Å². The van der Waals surface area contributed by atoms with E-state index in [9.17, 15) is 13.2 Å². The molecule has 1 atom stereocenters. The molecular weight excluding hydrogens is 444 g/mol. The number of rotatable bonds is 8. The zero-order valence-corrected chi connectivity index (χ0v) is 19.0. The molecule has 0 fully saturated rings. The average molecular weight is 469 g/mol. The summed E-state index contributed by atoms with van der Waals surface area (Å²) in [7, 11) is -3.71. The second-order valence-corrected chi connectivity index (χ2v) is 10.4. The molecule has 3 aromatic rings. The number of ether oxygens (including phenoxy) is 1. The van der Waals surface area contributed by atoms with Crippen LogP contribution in [0.25, 0.3) is 0 Å². The van der Waals surface area contributed by atoms with Crippen LogP contribution in [0.15, 0.2) is 89.8 Å². The van der Waals surface area contributed by atoms with Gasteiger partial charge in [-0.2, -0.15) is 0 Å². The molecule has 1 aliphatic heterocycles. The number of hydrogen-bond acceptors (Lipinski definition) is 5. The number of benzene rings is 3. The van der Waals surface area contributed by atoms with Crippen LogP contribution in [0.5, 0.6) is 5.75 Å². The van der Waals surface area contributed by atoms with E-state index in [1.54, 1.807) is 48.2 Å². The number of sulfonamides is 1. The van der Waals surface area contributed by atoms with Gasteiger partial charge in [-0.25, -0.2) is 8.42 Å². The maximum atomic E-state index is 13.2. The Labute approximate surface area is 192 Å². The van der Waals surface area contributed by atoms with Gasteiger partial charge in [0.2, 0.25) is 10.0 Å². The molecule has 0 aliphatic carbocycles. The van der Waals surface area contributed by atoms with Crippen LogP contribution < -0.4 is 14.4 Å². The lowest BCUT2D eigenvalue weighted by atomic mass is 10.2. The van der Waals surface area contributed by atoms with Crippen molar-refractivity contribution < 1.29 is 17.9 Å². The standard InChI is InChI=1S/C24H24N2O4S2/c27-24(25-15-16-31-20-11-5-2-6-12-20)23-17-26(21-13-7-8-14-22(21)30-23)32(28,29)18-19-9-3-1-4-10-19/h1-14,23H,15-18H2,(H,25,27)/t23-/m0/s1. The lowest BCUT2D eigenvalue weighted by molar-refractivity contribution is -0.127. The van der Waals surface area contributed by atoms with Gasteiger partial charge in [-0.15, -0.1) is 11.8 Å². The monoisotopic (exact) mass is 468 g/mol. The SMILES string of the molecule is O=C(NCCSc1ccccc1)[C@@H]1CN(S(=O)(=O)Cc2ccccc2)c2ccccc2O1. The Bertz CT molecular complexity index is 1150. The molecule has 1 amide bonds. The minimum atomic E-state index is -3.71. The maximum Gasteiger partial charge on any atom is 0.263 e. The van der Waals surface area contributed by atoms with Gasteiger partial charge in [0.15, 0.2) is 6.10 Å². The second kappa shape index (κ2) is 10.1. The summed E-state index contributed by atoms with van der Waals surface area (Å²) in [6, 6.07) is 25.8. The first-order valence-corrected chi connectivity index (χ1v) is 12.9. The fourth-order valence-corrected chi connectivity index (χ4v) is 5.81. The summed E-state index contributed by atoms with van der Waals surface area (Å²) in [5.74, 6) is 0.613. The molecule has 6 nitrogen and oxygen atoms in total. The van der Waals surface area contributed by atoms with Crippen LogP contribution in [0.4, 0.5) is 5.69 Å². The van der Waals surface area contributed by atoms with Gasteiger partial charge in [0.1, 0.15) is 5.75 Å². The Balaban J connectivity index is 1.44. The highest BCUT2D eigenvalue weighted by atomic mass is 32.2. The third-order valence-corrected chi connectivity index (χ3v) is 7.70. The van der Waals surface area contributed by atoms with Gasteiger partial charge in [0.25, 0.3) is 5.91 Å². The molecule has 0 unspecified atom stereocenters. The minimum absolute atomic E-state index is 0.0656. The van der Waals surface area contributed by atoms with Crippen molar-refractivity contribution in [1.29, 1.82) is 0 Å². The second-order valence-electron chi connectivity index (χ2n) is 7.30. The van der Waals surface area contributed by atoms with E-state index in [4.69, 9.17) is 4.74 Å². The summed E-state index contributed by atoms with van der Waals surface area (Å²) in [5.41, 5.74) is 1.14. The van der Waals surface area contributed by atoms with E-state index >= 15 is 0 Å². The number of thioether (sulfide) groups is 1. The summed E-state index contributed by atoms with van der Waals surface area (Å²) in [4.78, 5) is 13.9. The van der Waals surface area contributed by atoms with E-state index in [0.29, 0.717) is 29.3 Å². The van der Waals surface area contributed by atoms with E-state index < -0.39 is 16.1 Å². The van der Waals surface area contributed by atoms with Gasteiger partial charge in [-0.1, -0.05) is 60.7 Å². The number of nitrogens with zero attached hydrogens (tertiary/aromatic N) is 1. The number of carbonyl (C=O) groups excluding carboxylic acids is 1. The van der Waals surface area contributed by atoms with Crippen molar-refractivity contribution >= 4 is 33.4 Å². The highest BCUT2D eigenvalue weighted by Gasteiger charge is 2.36. The molecule has 1 heterocycles. The molecule has 1 N–H and O–H groups in total. The lowest BCUT2D eigenvalue weighted by Crippen LogP contribution is -2.51. The van der Waals surface area contributed by atoms with Gasteiger partial charge in [0.05, 0.1) is 18.0 Å². The predicted molar refractivity (Wildman–Crippen MR) is 127 cm³/mol. The molecule has 32 heavy (non-hydrogen) atoms. The van der Waals surface area contributed by atoms with Crippen molar-refractivity contribution in [2.45, 2.75) is 16.8 Å². The Morgan fingerprint density at radius 1 is 0.969 bits per heavy atom. The number of para-hydroxylation sites is 2. The molecule has 4 rings (SSSR count). The Kier molecular flexibility index (Phi) is 7.02. The van der Waals surface area contributed by atoms with Gasteiger partial charge in [0, 0.05) is 17.2 Å². The molecule has 8 heteroatoms. The van der Waals surface area contributed by atoms with Crippen molar-refractivity contribution in [3.63, 3.8) is 0 Å². The van der Waals surface area contributed by atoms with Crippen LogP contribution in [-0.2, 0) is 20.6 Å². The first-order valence-electron chi connectivity index (χ1n) is 10.3. The molecular formula is C24H24N2O4S2. The van der Waals surface area contributed by atoms with E-state index in [1.807, 2.05) is 48.5 Å². The summed E-state index contributed by atoms with van der Waals surface area (Å²) < 4.78 is 33.6. The lowest BCUT2D eigenvalue weighted by Gasteiger charge is -2.34. The number of hydrogen-bond donors (Lipinski definition) is 1. The van der Waals surface area contributed by atoms with Crippen LogP contribution in [-0.4, -0.2) is 39.3 Å². The van der Waals surface area contributed by atoms with E-state index in [1.165, 1.54) is 4.31 Å². The molecule has 0 radical (unpaired) electrons. The van der Waals surface area contributed by atoms with E-state index in [0.717, 1.165) is 4.90 Å². The van der Waals surface area contributed by atoms with Crippen molar-refractivity contribution in [3.05, 3.63) is 90.5 Å². The number of fused-ring (bicyclic) bond motifs is 1. The van der Waals surface area contributed by atoms with Gasteiger partial charge in [-0.05, 0) is 29.8 Å². The van der Waals surface area contributed by atoms with Crippen molar-refractivity contribution in [1.82, 2.24) is 5.32 Å². The van der Waals surface area contributed by atoms with Gasteiger partial charge >= 0.3 is 0 Å². The maximum absolute atomic E-state index is 13.2. The van der Waals surface area contributed by atoms with E-state index in [-0.39, 0.29) is 18.2 Å². The molecule has 0 bridgehead atoms. The number of amides is 1. The third-order valence-electron chi connectivity index (χ3n) is 4.97. The predicted octanol–water partition coefficient (Wildman–Crippen LogP) is 3.69. The third kappa shape index (κ3) is 5.44. The largest absolute Gasteiger partial charge is 0.476 e. The first-order chi connectivity index (χ1) is 15.5. The van der Waals surface area contributed by atoms with E-state index in [2.05, 4.69) is 5.32 Å². The Morgan fingerprint density at radius 2 is 1.62 bits per heavy atom. The van der Waals surface area contributed by atoms with Crippen LogP contribution in [0.2, 0.25) is 0 Å². The molecule has 0 saturated heterocycles. The van der Waals surface area contributed by atoms with Crippen molar-refractivity contribution in [3.8, 4) is 5.75 Å². The Hall–Kier alpha value is -2.97. The summed E-state index contributed by atoms with van der Waals surface area (Å²) in [6.07, 6.45) is -0.919. The van der Waals surface area contributed by atoms with Crippen molar-refractivity contribution in [2.75, 3.05) is 23.1 Å². The fourth-order valence-electron chi connectivity index (χ4n) is 3.44. The van der Waals surface area contributed by atoms with Crippen LogP contribution in [0, 0.1) is 0 Å². The average Bonchev–Trinajstić information content (AvgIpc) is 2.82. The highest BCUT2D eigenvalue weighted by molar-refractivity contribution is 7.99. The summed E-state index contributed by atoms with van der Waals surface area (Å²) in [5, 5.41) is 2.87. The Morgan fingerprint density at radius 3 is 2.38 bits per heavy atom. The molecule has 1 aliphatic rings. The summed E-state index contributed by atoms with van der Waals surface area (Å²) >= 11 is 1.64. The first kappa shape index (κ1) is 22.2. The minimum Gasteiger partial charge on any atom is -0.476 e. The molecule has 3 aromatic carbocycles. The molecule has 0 saturated carbocycles. The molecule has 0 spiro atoms. The number of carbonyl (C=O) groups is 1. The quantitative estimate of drug-likeness (QED) is 0.403. The zero-order valence-electron chi connectivity index (χ0n) is 17.4. The van der Waals surface area contributed by atoms with Gasteiger partial charge < -0.3 is 10.1 Å². The van der Waals surface area contributed by atoms with Crippen LogP contribution in [0.1, 0.15) is 5.56 Å².